The van der Waals surface area contributed by atoms with Crippen LogP contribution in [0.4, 0.5) is 16.2 Å². The third-order valence-corrected chi connectivity index (χ3v) is 4.17. The van der Waals surface area contributed by atoms with Gasteiger partial charge in [-0.2, -0.15) is 0 Å². The number of pyridine rings is 1. The number of nitrogens with two attached hydrogens (primary N) is 2. The van der Waals surface area contributed by atoms with Crippen LogP contribution in [0.1, 0.15) is 27.7 Å². The third-order valence-electron chi connectivity index (χ3n) is 4.17. The molecule has 1 saturated heterocycles. The average Bonchev–Trinajstić information content (AvgIpc) is 2.52. The van der Waals surface area contributed by atoms with Gasteiger partial charge in [0.15, 0.2) is 0 Å². The second-order valence-electron chi connectivity index (χ2n) is 7.63. The fourth-order valence-corrected chi connectivity index (χ4v) is 3.18. The number of nitrogens with zero attached hydrogens (tertiary/aromatic N) is 3. The van der Waals surface area contributed by atoms with Crippen molar-refractivity contribution >= 4 is 23.7 Å². The minimum atomic E-state index is -0.560. The quantitative estimate of drug-likeness (QED) is 0.697. The van der Waals surface area contributed by atoms with Crippen LogP contribution in [0.25, 0.3) is 0 Å². The molecule has 0 aliphatic carbocycles. The average molecular weight is 362 g/mol. The molecular weight excluding hydrogens is 332 g/mol. The highest BCUT2D eigenvalue weighted by molar-refractivity contribution is 5.70. The first kappa shape index (κ1) is 20.0. The second-order valence-corrected chi connectivity index (χ2v) is 7.63. The van der Waals surface area contributed by atoms with Crippen LogP contribution in [0.5, 0.6) is 0 Å². The van der Waals surface area contributed by atoms with Crippen molar-refractivity contribution in [2.45, 2.75) is 45.4 Å². The van der Waals surface area contributed by atoms with Crippen molar-refractivity contribution in [1.82, 2.24) is 10.3 Å². The van der Waals surface area contributed by atoms with Crippen molar-refractivity contribution in [3.8, 4) is 0 Å². The Morgan fingerprint density at radius 1 is 1.50 bits per heavy atom. The van der Waals surface area contributed by atoms with Gasteiger partial charge in [-0.1, -0.05) is 6.92 Å². The normalized spacial score (nSPS) is 23.9. The molecule has 1 aliphatic heterocycles. The number of rotatable bonds is 4. The maximum Gasteiger partial charge on any atom is 0.408 e. The van der Waals surface area contributed by atoms with E-state index < -0.39 is 11.7 Å². The van der Waals surface area contributed by atoms with Crippen LogP contribution in [0.15, 0.2) is 23.5 Å². The van der Waals surface area contributed by atoms with Crippen LogP contribution in [0.2, 0.25) is 0 Å². The maximum atomic E-state index is 12.3. The number of anilines is 2. The topological polar surface area (TPSA) is 119 Å². The van der Waals surface area contributed by atoms with E-state index in [1.54, 1.807) is 18.6 Å². The number of nitrogen functional groups attached to an aromatic ring is 1. The number of hydrogen-bond acceptors (Lipinski definition) is 7. The first-order chi connectivity index (χ1) is 12.2. The molecule has 1 aliphatic rings. The predicted molar refractivity (Wildman–Crippen MR) is 105 cm³/mol. The molecule has 0 spiro atoms. The van der Waals surface area contributed by atoms with E-state index in [0.717, 1.165) is 12.2 Å². The van der Waals surface area contributed by atoms with Gasteiger partial charge in [-0.25, -0.2) is 4.79 Å². The summed E-state index contributed by atoms with van der Waals surface area (Å²) in [5, 5.41) is 2.97. The lowest BCUT2D eigenvalue weighted by molar-refractivity contribution is 0.0487. The fraction of sp³-hybridized carbons (Fsp3) is 0.611. The molecule has 2 rings (SSSR count). The monoisotopic (exact) mass is 362 g/mol. The van der Waals surface area contributed by atoms with Crippen molar-refractivity contribution in [2.24, 2.45) is 16.6 Å². The predicted octanol–water partition coefficient (Wildman–Crippen LogP) is 1.41. The molecule has 1 aromatic heterocycles. The Labute approximate surface area is 155 Å². The maximum absolute atomic E-state index is 12.3. The summed E-state index contributed by atoms with van der Waals surface area (Å²) >= 11 is 0. The van der Waals surface area contributed by atoms with Crippen molar-refractivity contribution in [2.75, 3.05) is 30.3 Å². The summed E-state index contributed by atoms with van der Waals surface area (Å²) in [5.41, 5.74) is 12.6. The van der Waals surface area contributed by atoms with Gasteiger partial charge in [-0.3, -0.25) is 9.98 Å². The van der Waals surface area contributed by atoms with Crippen LogP contribution in [0, 0.1) is 5.92 Å². The molecule has 0 saturated carbocycles. The third kappa shape index (κ3) is 5.32. The summed E-state index contributed by atoms with van der Waals surface area (Å²) < 4.78 is 5.41. The summed E-state index contributed by atoms with van der Waals surface area (Å²) in [4.78, 5) is 23.1. The molecule has 0 aromatic carbocycles. The summed E-state index contributed by atoms with van der Waals surface area (Å²) in [5.74, 6) is 0.194. The number of ether oxygens (including phenoxy) is 1. The first-order valence-electron chi connectivity index (χ1n) is 8.87. The van der Waals surface area contributed by atoms with E-state index in [1.807, 2.05) is 26.8 Å². The molecular formula is C18H30N6O2. The smallest absolute Gasteiger partial charge is 0.408 e. The van der Waals surface area contributed by atoms with Gasteiger partial charge in [-0.05, 0) is 32.8 Å². The number of nitrogens with one attached hydrogen (secondary N) is 1. The number of amides is 1. The van der Waals surface area contributed by atoms with Gasteiger partial charge in [0.1, 0.15) is 5.60 Å². The highest BCUT2D eigenvalue weighted by Crippen LogP contribution is 2.29. The van der Waals surface area contributed by atoms with E-state index in [-0.39, 0.29) is 18.0 Å². The molecule has 1 amide bonds. The zero-order valence-electron chi connectivity index (χ0n) is 16.0. The SMILES string of the molecule is CC1CN(c2ccncc2N)CC(NC(=O)OC(C)(C)C)C1N=CCN. The molecule has 144 valence electrons. The Bertz CT molecular complexity index is 643. The van der Waals surface area contributed by atoms with E-state index in [1.165, 1.54) is 0 Å². The van der Waals surface area contributed by atoms with Crippen molar-refractivity contribution < 1.29 is 9.53 Å². The van der Waals surface area contributed by atoms with E-state index in [2.05, 4.69) is 27.1 Å². The molecule has 2 heterocycles. The van der Waals surface area contributed by atoms with Crippen LogP contribution in [0.3, 0.4) is 0 Å². The minimum Gasteiger partial charge on any atom is -0.444 e. The Morgan fingerprint density at radius 3 is 2.85 bits per heavy atom. The number of hydrogen-bond donors (Lipinski definition) is 3. The molecule has 3 atom stereocenters. The van der Waals surface area contributed by atoms with Gasteiger partial charge in [-0.15, -0.1) is 0 Å². The zero-order chi connectivity index (χ0) is 19.3. The number of carbonyl (C=O) groups is 1. The molecule has 0 bridgehead atoms. The molecule has 3 unspecified atom stereocenters. The van der Waals surface area contributed by atoms with Crippen molar-refractivity contribution in [1.29, 1.82) is 0 Å². The Balaban J connectivity index is 2.21. The summed E-state index contributed by atoms with van der Waals surface area (Å²) in [6.45, 7) is 9.32. The number of piperidine rings is 1. The largest absolute Gasteiger partial charge is 0.444 e. The number of carbonyl (C=O) groups excluding carboxylic acids is 1. The summed E-state index contributed by atoms with van der Waals surface area (Å²) in [7, 11) is 0. The Kier molecular flexibility index (Phi) is 6.42. The van der Waals surface area contributed by atoms with Gasteiger partial charge >= 0.3 is 6.09 Å². The lowest BCUT2D eigenvalue weighted by Crippen LogP contribution is -2.58. The van der Waals surface area contributed by atoms with Crippen molar-refractivity contribution in [3.63, 3.8) is 0 Å². The summed E-state index contributed by atoms with van der Waals surface area (Å²) in [6, 6.07) is 1.59. The van der Waals surface area contributed by atoms with Gasteiger partial charge < -0.3 is 26.4 Å². The molecule has 8 heteroatoms. The molecule has 26 heavy (non-hydrogen) atoms. The van der Waals surface area contributed by atoms with Crippen LogP contribution >= 0.6 is 0 Å². The standard InChI is InChI=1S/C18H30N6O2/c1-12-10-24(15-5-7-21-9-13(15)20)11-14(16(12)22-8-6-19)23-17(25)26-18(2,3)4/h5,7-9,12,14,16H,6,10-11,19-20H2,1-4H3,(H,23,25). The molecule has 0 radical (unpaired) electrons. The number of aliphatic imine (C=N–C) groups is 1. The number of alkyl carbamates (subject to hydrolysis) is 1. The first-order valence-corrected chi connectivity index (χ1v) is 8.87. The molecule has 1 aromatic rings. The van der Waals surface area contributed by atoms with Gasteiger partial charge in [0, 0.05) is 32.0 Å². The zero-order valence-corrected chi connectivity index (χ0v) is 16.0. The van der Waals surface area contributed by atoms with Crippen LogP contribution in [-0.4, -0.2) is 54.6 Å². The van der Waals surface area contributed by atoms with Gasteiger partial charge in [0.05, 0.1) is 29.7 Å². The highest BCUT2D eigenvalue weighted by Gasteiger charge is 2.36. The second kappa shape index (κ2) is 8.35. The van der Waals surface area contributed by atoms with E-state index in [9.17, 15) is 4.79 Å². The number of aromatic nitrogens is 1. The molecule has 1 fully saturated rings. The lowest BCUT2D eigenvalue weighted by Gasteiger charge is -2.42. The lowest BCUT2D eigenvalue weighted by atomic mass is 9.89. The highest BCUT2D eigenvalue weighted by atomic mass is 16.6. The van der Waals surface area contributed by atoms with Gasteiger partial charge in [0.25, 0.3) is 0 Å². The Morgan fingerprint density at radius 2 is 2.23 bits per heavy atom. The van der Waals surface area contributed by atoms with Crippen LogP contribution < -0.4 is 21.7 Å². The van der Waals surface area contributed by atoms with Crippen LogP contribution in [-0.2, 0) is 4.74 Å². The summed E-state index contributed by atoms with van der Waals surface area (Å²) in [6.07, 6.45) is 4.59. The molecule has 8 nitrogen and oxygen atoms in total. The fourth-order valence-electron chi connectivity index (χ4n) is 3.18. The van der Waals surface area contributed by atoms with Gasteiger partial charge in [0.2, 0.25) is 0 Å². The van der Waals surface area contributed by atoms with E-state index >= 15 is 0 Å². The van der Waals surface area contributed by atoms with E-state index in [0.29, 0.717) is 18.8 Å². The Hall–Kier alpha value is -2.35. The minimum absolute atomic E-state index is 0.0784. The van der Waals surface area contributed by atoms with Crippen molar-refractivity contribution in [3.05, 3.63) is 18.5 Å². The molecule has 5 N–H and O–H groups in total. The van der Waals surface area contributed by atoms with E-state index in [4.69, 9.17) is 16.2 Å².